The van der Waals surface area contributed by atoms with Crippen molar-refractivity contribution >= 4 is 21.6 Å². The molecule has 1 saturated carbocycles. The molecule has 8 heteroatoms. The highest BCUT2D eigenvalue weighted by atomic mass is 35.5. The van der Waals surface area contributed by atoms with Gasteiger partial charge in [0.15, 0.2) is 11.5 Å². The highest BCUT2D eigenvalue weighted by molar-refractivity contribution is 7.89. The molecule has 0 spiro atoms. The third-order valence-electron chi connectivity index (χ3n) is 4.99. The third-order valence-corrected chi connectivity index (χ3v) is 7.15. The second-order valence-corrected chi connectivity index (χ2v) is 9.05. The maximum Gasteiger partial charge on any atom is 0.246 e. The molecule has 5 nitrogen and oxygen atoms in total. The van der Waals surface area contributed by atoms with Gasteiger partial charge in [0.2, 0.25) is 16.8 Å². The van der Waals surface area contributed by atoms with E-state index in [1.807, 2.05) is 6.07 Å². The minimum Gasteiger partial charge on any atom is -0.454 e. The van der Waals surface area contributed by atoms with Gasteiger partial charge < -0.3 is 9.47 Å². The molecule has 0 unspecified atom stereocenters. The molecule has 1 aliphatic carbocycles. The molecule has 0 radical (unpaired) electrons. The third kappa shape index (κ3) is 3.63. The maximum atomic E-state index is 14.4. The van der Waals surface area contributed by atoms with Crippen LogP contribution in [0.4, 0.5) is 4.39 Å². The zero-order chi connectivity index (χ0) is 19.0. The fourth-order valence-corrected chi connectivity index (χ4v) is 5.51. The van der Waals surface area contributed by atoms with E-state index in [9.17, 15) is 12.8 Å². The van der Waals surface area contributed by atoms with Crippen molar-refractivity contribution in [2.45, 2.75) is 43.2 Å². The lowest BCUT2D eigenvalue weighted by Crippen LogP contribution is -2.38. The van der Waals surface area contributed by atoms with E-state index in [4.69, 9.17) is 21.1 Å². The number of halogens is 2. The maximum absolute atomic E-state index is 14.4. The molecule has 1 heterocycles. The standard InChI is InChI=1S/C19H19ClFNO4S/c20-14-6-8-19(16(21)10-14)27(23,24)22(15-3-1-2-4-15)11-13-5-7-17-18(9-13)26-12-25-17/h5-10,15H,1-4,11-12H2. The average molecular weight is 412 g/mol. The largest absolute Gasteiger partial charge is 0.454 e. The summed E-state index contributed by atoms with van der Waals surface area (Å²) in [4.78, 5) is -0.348. The molecule has 0 N–H and O–H groups in total. The number of rotatable bonds is 5. The zero-order valence-corrected chi connectivity index (χ0v) is 16.1. The van der Waals surface area contributed by atoms with Gasteiger partial charge in [-0.05, 0) is 48.7 Å². The number of sulfonamides is 1. The minimum absolute atomic E-state index is 0.145. The molecule has 144 valence electrons. The smallest absolute Gasteiger partial charge is 0.246 e. The molecule has 0 atom stereocenters. The van der Waals surface area contributed by atoms with Crippen LogP contribution in [0.1, 0.15) is 31.2 Å². The number of hydrogen-bond acceptors (Lipinski definition) is 4. The predicted molar refractivity (Wildman–Crippen MR) is 99.0 cm³/mol. The summed E-state index contributed by atoms with van der Waals surface area (Å²) in [7, 11) is -4.02. The Bertz CT molecular complexity index is 960. The molecule has 1 fully saturated rings. The first kappa shape index (κ1) is 18.5. The quantitative estimate of drug-likeness (QED) is 0.734. The fraction of sp³-hybridized carbons (Fsp3) is 0.368. The lowest BCUT2D eigenvalue weighted by Gasteiger charge is -2.28. The van der Waals surface area contributed by atoms with Crippen LogP contribution in [0.25, 0.3) is 0 Å². The first-order chi connectivity index (χ1) is 12.9. The normalized spacial score (nSPS) is 17.0. The Balaban J connectivity index is 1.70. The van der Waals surface area contributed by atoms with Crippen LogP contribution in [-0.4, -0.2) is 25.6 Å². The number of nitrogens with zero attached hydrogens (tertiary/aromatic N) is 1. The summed E-state index contributed by atoms with van der Waals surface area (Å²) in [6.07, 6.45) is 3.44. The molecule has 0 amide bonds. The monoisotopic (exact) mass is 411 g/mol. The highest BCUT2D eigenvalue weighted by Gasteiger charge is 2.35. The van der Waals surface area contributed by atoms with E-state index in [0.717, 1.165) is 37.3 Å². The van der Waals surface area contributed by atoms with Crippen molar-refractivity contribution in [3.05, 3.63) is 52.8 Å². The van der Waals surface area contributed by atoms with Crippen molar-refractivity contribution in [3.8, 4) is 11.5 Å². The fourth-order valence-electron chi connectivity index (χ4n) is 3.63. The van der Waals surface area contributed by atoms with Gasteiger partial charge in [-0.1, -0.05) is 30.5 Å². The molecule has 0 saturated heterocycles. The van der Waals surface area contributed by atoms with Gasteiger partial charge in [0, 0.05) is 17.6 Å². The number of ether oxygens (including phenoxy) is 2. The van der Waals surface area contributed by atoms with E-state index >= 15 is 0 Å². The van der Waals surface area contributed by atoms with E-state index in [1.54, 1.807) is 12.1 Å². The van der Waals surface area contributed by atoms with Crippen LogP contribution in [0, 0.1) is 5.82 Å². The lowest BCUT2D eigenvalue weighted by molar-refractivity contribution is 0.174. The molecular formula is C19H19ClFNO4S. The topological polar surface area (TPSA) is 55.8 Å². The van der Waals surface area contributed by atoms with Crippen molar-refractivity contribution in [3.63, 3.8) is 0 Å². The molecule has 1 aliphatic heterocycles. The van der Waals surface area contributed by atoms with Gasteiger partial charge in [-0.15, -0.1) is 0 Å². The van der Waals surface area contributed by atoms with E-state index in [1.165, 1.54) is 16.4 Å². The summed E-state index contributed by atoms with van der Waals surface area (Å²) >= 11 is 5.78. The Morgan fingerprint density at radius 1 is 1.07 bits per heavy atom. The molecular weight excluding hydrogens is 393 g/mol. The van der Waals surface area contributed by atoms with E-state index in [0.29, 0.717) is 11.5 Å². The zero-order valence-electron chi connectivity index (χ0n) is 14.5. The SMILES string of the molecule is O=S(=O)(c1ccc(Cl)cc1F)N(Cc1ccc2c(c1)OCO2)C1CCCC1. The molecule has 27 heavy (non-hydrogen) atoms. The van der Waals surface area contributed by atoms with E-state index < -0.39 is 15.8 Å². The van der Waals surface area contributed by atoms with Gasteiger partial charge in [0.05, 0.1) is 0 Å². The number of benzene rings is 2. The molecule has 0 aromatic heterocycles. The van der Waals surface area contributed by atoms with Gasteiger partial charge >= 0.3 is 0 Å². The lowest BCUT2D eigenvalue weighted by atomic mass is 10.1. The van der Waals surface area contributed by atoms with Crippen LogP contribution in [0.5, 0.6) is 11.5 Å². The Morgan fingerprint density at radius 2 is 1.81 bits per heavy atom. The molecule has 0 bridgehead atoms. The van der Waals surface area contributed by atoms with Crippen molar-refractivity contribution in [1.29, 1.82) is 0 Å². The molecule has 2 aromatic rings. The van der Waals surface area contributed by atoms with E-state index in [-0.39, 0.29) is 29.3 Å². The van der Waals surface area contributed by atoms with Crippen molar-refractivity contribution in [2.75, 3.05) is 6.79 Å². The number of fused-ring (bicyclic) bond motifs is 1. The summed E-state index contributed by atoms with van der Waals surface area (Å²) in [5.41, 5.74) is 0.768. The Kier molecular flexibility index (Phi) is 5.01. The van der Waals surface area contributed by atoms with Gasteiger partial charge in [-0.2, -0.15) is 4.31 Å². The Labute approximate surface area is 162 Å². The van der Waals surface area contributed by atoms with Crippen LogP contribution in [0.15, 0.2) is 41.3 Å². The van der Waals surface area contributed by atoms with Gasteiger partial charge in [-0.25, -0.2) is 12.8 Å². The van der Waals surface area contributed by atoms with Crippen LogP contribution in [0.3, 0.4) is 0 Å². The second kappa shape index (κ2) is 7.30. The van der Waals surface area contributed by atoms with Crippen LogP contribution in [0.2, 0.25) is 5.02 Å². The van der Waals surface area contributed by atoms with Gasteiger partial charge in [0.25, 0.3) is 0 Å². The van der Waals surface area contributed by atoms with Crippen molar-refractivity contribution in [2.24, 2.45) is 0 Å². The first-order valence-electron chi connectivity index (χ1n) is 8.80. The Hall–Kier alpha value is -1.83. The highest BCUT2D eigenvalue weighted by Crippen LogP contribution is 2.35. The van der Waals surface area contributed by atoms with Crippen molar-refractivity contribution in [1.82, 2.24) is 4.31 Å². The average Bonchev–Trinajstić information content (AvgIpc) is 3.30. The molecule has 4 rings (SSSR count). The van der Waals surface area contributed by atoms with E-state index in [2.05, 4.69) is 0 Å². The summed E-state index contributed by atoms with van der Waals surface area (Å²) in [5, 5.41) is 0.162. The van der Waals surface area contributed by atoms with Gasteiger partial charge in [-0.3, -0.25) is 0 Å². The summed E-state index contributed by atoms with van der Waals surface area (Å²) < 4.78 is 53.0. The summed E-state index contributed by atoms with van der Waals surface area (Å²) in [6.45, 7) is 0.297. The molecule has 2 aromatic carbocycles. The number of hydrogen-bond donors (Lipinski definition) is 0. The molecule has 2 aliphatic rings. The Morgan fingerprint density at radius 3 is 2.56 bits per heavy atom. The van der Waals surface area contributed by atoms with Crippen LogP contribution in [-0.2, 0) is 16.6 Å². The second-order valence-electron chi connectivity index (χ2n) is 6.75. The summed E-state index contributed by atoms with van der Waals surface area (Å²) in [6, 6.07) is 8.85. The van der Waals surface area contributed by atoms with Crippen LogP contribution >= 0.6 is 11.6 Å². The summed E-state index contributed by atoms with van der Waals surface area (Å²) in [5.74, 6) is 0.392. The van der Waals surface area contributed by atoms with Crippen molar-refractivity contribution < 1.29 is 22.3 Å². The van der Waals surface area contributed by atoms with Gasteiger partial charge in [0.1, 0.15) is 10.7 Å². The minimum atomic E-state index is -4.02. The first-order valence-corrected chi connectivity index (χ1v) is 10.6. The predicted octanol–water partition coefficient (Wildman–Crippen LogP) is 4.34. The van der Waals surface area contributed by atoms with Crippen LogP contribution < -0.4 is 9.47 Å².